The minimum Gasteiger partial charge on any atom is -0.356 e. The quantitative estimate of drug-likeness (QED) is 0.486. The monoisotopic (exact) mass is 171 g/mol. The van der Waals surface area contributed by atoms with Crippen molar-refractivity contribution in [3.8, 4) is 0 Å². The molecule has 0 atom stereocenters. The largest absolute Gasteiger partial charge is 0.356 e. The van der Waals surface area contributed by atoms with Gasteiger partial charge < -0.3 is 10.6 Å². The van der Waals surface area contributed by atoms with Crippen LogP contribution in [0.4, 0.5) is 0 Å². The maximum absolute atomic E-state index is 4.11. The lowest BCUT2D eigenvalue weighted by molar-refractivity contribution is 0.501. The molecular weight excluding hydrogens is 150 g/mol. The predicted molar refractivity (Wildman–Crippen MR) is 54.5 cm³/mol. The smallest absolute Gasteiger partial charge is 0.191 e. The maximum Gasteiger partial charge on any atom is 0.191 e. The lowest BCUT2D eigenvalue weighted by atomic mass is 10.1. The standard InChI is InChI=1S/C9H21N3/c1-6-7-11-8(10-5)12-9(2,3)4/h6-7H2,1-5H3,(H2,10,11,12). The second-order valence-electron chi connectivity index (χ2n) is 3.87. The van der Waals surface area contributed by atoms with Crippen LogP contribution in [0.25, 0.3) is 0 Å². The van der Waals surface area contributed by atoms with E-state index in [9.17, 15) is 0 Å². The minimum absolute atomic E-state index is 0.0790. The molecule has 0 spiro atoms. The van der Waals surface area contributed by atoms with Gasteiger partial charge in [-0.3, -0.25) is 4.99 Å². The average molecular weight is 171 g/mol. The van der Waals surface area contributed by atoms with Gasteiger partial charge in [-0.25, -0.2) is 0 Å². The lowest BCUT2D eigenvalue weighted by Crippen LogP contribution is -2.47. The molecule has 0 heterocycles. The van der Waals surface area contributed by atoms with Gasteiger partial charge in [0, 0.05) is 19.1 Å². The molecule has 0 unspecified atom stereocenters. The van der Waals surface area contributed by atoms with Gasteiger partial charge in [0.05, 0.1) is 0 Å². The Morgan fingerprint density at radius 3 is 2.25 bits per heavy atom. The molecule has 3 heteroatoms. The molecule has 0 aromatic heterocycles. The summed E-state index contributed by atoms with van der Waals surface area (Å²) in [7, 11) is 1.79. The third-order valence-corrected chi connectivity index (χ3v) is 1.26. The molecular formula is C9H21N3. The van der Waals surface area contributed by atoms with E-state index in [1.807, 2.05) is 0 Å². The predicted octanol–water partition coefficient (Wildman–Crippen LogP) is 1.36. The highest BCUT2D eigenvalue weighted by Crippen LogP contribution is 1.97. The van der Waals surface area contributed by atoms with Crippen molar-refractivity contribution < 1.29 is 0 Å². The van der Waals surface area contributed by atoms with E-state index in [2.05, 4.69) is 43.3 Å². The van der Waals surface area contributed by atoms with Crippen molar-refractivity contribution >= 4 is 5.96 Å². The fourth-order valence-electron chi connectivity index (χ4n) is 0.778. The van der Waals surface area contributed by atoms with Crippen molar-refractivity contribution in [1.82, 2.24) is 10.6 Å². The van der Waals surface area contributed by atoms with Crippen LogP contribution in [0.3, 0.4) is 0 Å². The van der Waals surface area contributed by atoms with Crippen LogP contribution >= 0.6 is 0 Å². The number of guanidine groups is 1. The Morgan fingerprint density at radius 2 is 1.92 bits per heavy atom. The Bertz CT molecular complexity index is 144. The summed E-state index contributed by atoms with van der Waals surface area (Å²) in [5.74, 6) is 0.879. The molecule has 0 radical (unpaired) electrons. The Balaban J connectivity index is 3.86. The van der Waals surface area contributed by atoms with Gasteiger partial charge in [-0.1, -0.05) is 6.92 Å². The summed E-state index contributed by atoms with van der Waals surface area (Å²) in [5.41, 5.74) is 0.0790. The van der Waals surface area contributed by atoms with Crippen LogP contribution in [-0.4, -0.2) is 25.1 Å². The van der Waals surface area contributed by atoms with Crippen molar-refractivity contribution in [2.45, 2.75) is 39.7 Å². The van der Waals surface area contributed by atoms with E-state index >= 15 is 0 Å². The molecule has 3 nitrogen and oxygen atoms in total. The van der Waals surface area contributed by atoms with Crippen LogP contribution in [0.1, 0.15) is 34.1 Å². The third-order valence-electron chi connectivity index (χ3n) is 1.26. The SMILES string of the molecule is CCCNC(=NC)NC(C)(C)C. The highest BCUT2D eigenvalue weighted by molar-refractivity contribution is 5.80. The first-order chi connectivity index (χ1) is 5.49. The molecule has 0 saturated heterocycles. The van der Waals surface area contributed by atoms with Crippen molar-refractivity contribution in [2.75, 3.05) is 13.6 Å². The zero-order valence-corrected chi connectivity index (χ0v) is 8.86. The van der Waals surface area contributed by atoms with Gasteiger partial charge in [0.1, 0.15) is 0 Å². The highest BCUT2D eigenvalue weighted by atomic mass is 15.2. The average Bonchev–Trinajstić information content (AvgIpc) is 1.95. The van der Waals surface area contributed by atoms with Crippen LogP contribution < -0.4 is 10.6 Å². The van der Waals surface area contributed by atoms with Crippen LogP contribution in [0, 0.1) is 0 Å². The summed E-state index contributed by atoms with van der Waals surface area (Å²) in [4.78, 5) is 4.11. The summed E-state index contributed by atoms with van der Waals surface area (Å²) in [6.07, 6.45) is 1.12. The Hall–Kier alpha value is -0.730. The fourth-order valence-corrected chi connectivity index (χ4v) is 0.778. The van der Waals surface area contributed by atoms with Gasteiger partial charge in [0.2, 0.25) is 0 Å². The first kappa shape index (κ1) is 11.3. The van der Waals surface area contributed by atoms with E-state index in [-0.39, 0.29) is 5.54 Å². The van der Waals surface area contributed by atoms with Gasteiger partial charge in [-0.15, -0.1) is 0 Å². The third kappa shape index (κ3) is 6.01. The van der Waals surface area contributed by atoms with E-state index in [1.54, 1.807) is 7.05 Å². The summed E-state index contributed by atoms with van der Waals surface area (Å²) >= 11 is 0. The van der Waals surface area contributed by atoms with Crippen molar-refractivity contribution in [3.05, 3.63) is 0 Å². The second kappa shape index (κ2) is 5.01. The van der Waals surface area contributed by atoms with Gasteiger partial charge in [0.15, 0.2) is 5.96 Å². The maximum atomic E-state index is 4.11. The summed E-state index contributed by atoms with van der Waals surface area (Å²) in [6, 6.07) is 0. The second-order valence-corrected chi connectivity index (χ2v) is 3.87. The number of hydrogen-bond acceptors (Lipinski definition) is 1. The van der Waals surface area contributed by atoms with Crippen LogP contribution in [0.2, 0.25) is 0 Å². The van der Waals surface area contributed by atoms with E-state index in [0.717, 1.165) is 18.9 Å². The number of aliphatic imine (C=N–C) groups is 1. The Labute approximate surface area is 75.7 Å². The summed E-state index contributed by atoms with van der Waals surface area (Å²) < 4.78 is 0. The topological polar surface area (TPSA) is 36.4 Å². The molecule has 0 bridgehead atoms. The number of nitrogens with zero attached hydrogens (tertiary/aromatic N) is 1. The zero-order chi connectivity index (χ0) is 9.61. The molecule has 0 saturated carbocycles. The molecule has 2 N–H and O–H groups in total. The molecule has 12 heavy (non-hydrogen) atoms. The molecule has 0 rings (SSSR count). The van der Waals surface area contributed by atoms with Crippen LogP contribution in [-0.2, 0) is 0 Å². The molecule has 0 fully saturated rings. The normalized spacial score (nSPS) is 12.9. The van der Waals surface area contributed by atoms with E-state index in [1.165, 1.54) is 0 Å². The number of rotatable bonds is 2. The van der Waals surface area contributed by atoms with E-state index in [4.69, 9.17) is 0 Å². The Morgan fingerprint density at radius 1 is 1.33 bits per heavy atom. The van der Waals surface area contributed by atoms with Gasteiger partial charge in [-0.05, 0) is 27.2 Å². The van der Waals surface area contributed by atoms with Gasteiger partial charge in [-0.2, -0.15) is 0 Å². The van der Waals surface area contributed by atoms with Gasteiger partial charge >= 0.3 is 0 Å². The Kier molecular flexibility index (Phi) is 4.71. The molecule has 0 aromatic carbocycles. The van der Waals surface area contributed by atoms with Crippen LogP contribution in [0.5, 0.6) is 0 Å². The van der Waals surface area contributed by atoms with Crippen LogP contribution in [0.15, 0.2) is 4.99 Å². The minimum atomic E-state index is 0.0790. The van der Waals surface area contributed by atoms with E-state index < -0.39 is 0 Å². The summed E-state index contributed by atoms with van der Waals surface area (Å²) in [6.45, 7) is 9.45. The first-order valence-electron chi connectivity index (χ1n) is 4.48. The molecule has 0 aromatic rings. The zero-order valence-electron chi connectivity index (χ0n) is 8.86. The number of nitrogens with one attached hydrogen (secondary N) is 2. The highest BCUT2D eigenvalue weighted by Gasteiger charge is 2.10. The lowest BCUT2D eigenvalue weighted by Gasteiger charge is -2.23. The molecule has 72 valence electrons. The molecule has 0 aliphatic carbocycles. The van der Waals surface area contributed by atoms with E-state index in [0.29, 0.717) is 0 Å². The summed E-state index contributed by atoms with van der Waals surface area (Å²) in [5, 5.41) is 6.49. The number of hydrogen-bond donors (Lipinski definition) is 2. The van der Waals surface area contributed by atoms with Crippen molar-refractivity contribution in [1.29, 1.82) is 0 Å². The molecule has 0 aliphatic rings. The molecule has 0 aliphatic heterocycles. The van der Waals surface area contributed by atoms with Crippen molar-refractivity contribution in [2.24, 2.45) is 4.99 Å². The first-order valence-corrected chi connectivity index (χ1v) is 4.48. The van der Waals surface area contributed by atoms with Crippen molar-refractivity contribution in [3.63, 3.8) is 0 Å². The fraction of sp³-hybridized carbons (Fsp3) is 0.889. The molecule has 0 amide bonds. The van der Waals surface area contributed by atoms with Gasteiger partial charge in [0.25, 0.3) is 0 Å².